The van der Waals surface area contributed by atoms with Gasteiger partial charge in [-0.25, -0.2) is 4.39 Å². The van der Waals surface area contributed by atoms with Crippen molar-refractivity contribution in [2.24, 2.45) is 0 Å². The molecular weight excluding hydrogens is 247 g/mol. The molecule has 0 radical (unpaired) electrons. The summed E-state index contributed by atoms with van der Waals surface area (Å²) in [6.07, 6.45) is 2.81. The molecule has 0 amide bonds. The number of allylic oxidation sites excluding steroid dienone is 2. The maximum Gasteiger partial charge on any atom is 0.302 e. The molecule has 1 aromatic carbocycles. The first kappa shape index (κ1) is 13.5. The summed E-state index contributed by atoms with van der Waals surface area (Å²) < 4.78 is 18.8. The molecule has 1 unspecified atom stereocenters. The highest BCUT2D eigenvalue weighted by Crippen LogP contribution is 2.33. The van der Waals surface area contributed by atoms with Crippen LogP contribution < -0.4 is 0 Å². The smallest absolute Gasteiger partial charge is 0.302 e. The lowest BCUT2D eigenvalue weighted by Gasteiger charge is -2.27. The Bertz CT molecular complexity index is 534. The summed E-state index contributed by atoms with van der Waals surface area (Å²) >= 11 is 0. The Morgan fingerprint density at radius 3 is 2.68 bits per heavy atom. The van der Waals surface area contributed by atoms with Crippen LogP contribution in [0.1, 0.15) is 18.9 Å². The van der Waals surface area contributed by atoms with Crippen LogP contribution in [0.4, 0.5) is 4.39 Å². The molecule has 0 aliphatic heterocycles. The summed E-state index contributed by atoms with van der Waals surface area (Å²) in [5.41, 5.74) is -0.257. The van der Waals surface area contributed by atoms with Crippen LogP contribution in [-0.2, 0) is 9.53 Å². The maximum atomic E-state index is 14.1. The van der Waals surface area contributed by atoms with Gasteiger partial charge in [-0.2, -0.15) is 0 Å². The number of hydrogen-bond acceptors (Lipinski definition) is 3. The van der Waals surface area contributed by atoms with Crippen molar-refractivity contribution >= 4 is 11.5 Å². The highest BCUT2D eigenvalue weighted by atomic mass is 19.1. The van der Waals surface area contributed by atoms with Gasteiger partial charge in [0.1, 0.15) is 18.0 Å². The number of hydrogen-bond donors (Lipinski definition) is 1. The third-order valence-corrected chi connectivity index (χ3v) is 2.92. The van der Waals surface area contributed by atoms with Crippen molar-refractivity contribution in [1.82, 2.24) is 0 Å². The lowest BCUT2D eigenvalue weighted by molar-refractivity contribution is -0.146. The van der Waals surface area contributed by atoms with Crippen LogP contribution in [-0.4, -0.2) is 23.3 Å². The molecule has 0 spiro atoms. The molecule has 2 rings (SSSR count). The van der Waals surface area contributed by atoms with E-state index in [1.807, 2.05) is 18.2 Å². The number of ether oxygens (including phenoxy) is 1. The van der Waals surface area contributed by atoms with Gasteiger partial charge in [-0.3, -0.25) is 4.79 Å². The Hall–Kier alpha value is -1.94. The molecule has 1 aliphatic rings. The SMILES string of the molecule is CC(=O)OCC1(O)C=CC(c2ccccc2)=C(F)C1. The van der Waals surface area contributed by atoms with Crippen molar-refractivity contribution in [3.05, 3.63) is 53.9 Å². The summed E-state index contributed by atoms with van der Waals surface area (Å²) in [6, 6.07) is 9.10. The third-order valence-electron chi connectivity index (χ3n) is 2.92. The first-order valence-electron chi connectivity index (χ1n) is 5.99. The van der Waals surface area contributed by atoms with Crippen LogP contribution in [0, 0.1) is 0 Å². The van der Waals surface area contributed by atoms with Gasteiger partial charge in [0.25, 0.3) is 0 Å². The van der Waals surface area contributed by atoms with E-state index < -0.39 is 17.4 Å². The van der Waals surface area contributed by atoms with Gasteiger partial charge in [0.2, 0.25) is 0 Å². The van der Waals surface area contributed by atoms with E-state index in [0.717, 1.165) is 5.56 Å². The normalized spacial score (nSPS) is 22.5. The molecule has 0 fully saturated rings. The van der Waals surface area contributed by atoms with Crippen LogP contribution in [0.5, 0.6) is 0 Å². The van der Waals surface area contributed by atoms with Gasteiger partial charge in [-0.1, -0.05) is 36.4 Å². The Morgan fingerprint density at radius 2 is 2.11 bits per heavy atom. The zero-order chi connectivity index (χ0) is 13.9. The van der Waals surface area contributed by atoms with Gasteiger partial charge in [-0.05, 0) is 11.6 Å². The number of aliphatic hydroxyl groups is 1. The first-order valence-corrected chi connectivity index (χ1v) is 5.99. The van der Waals surface area contributed by atoms with E-state index in [9.17, 15) is 14.3 Å². The van der Waals surface area contributed by atoms with Gasteiger partial charge < -0.3 is 9.84 Å². The van der Waals surface area contributed by atoms with Crippen LogP contribution in [0.25, 0.3) is 5.57 Å². The van der Waals surface area contributed by atoms with Gasteiger partial charge >= 0.3 is 5.97 Å². The van der Waals surface area contributed by atoms with E-state index in [2.05, 4.69) is 0 Å². The largest absolute Gasteiger partial charge is 0.462 e. The molecule has 1 atom stereocenters. The molecule has 3 nitrogen and oxygen atoms in total. The van der Waals surface area contributed by atoms with Gasteiger partial charge in [0.05, 0.1) is 0 Å². The fourth-order valence-corrected chi connectivity index (χ4v) is 1.95. The van der Waals surface area contributed by atoms with Crippen molar-refractivity contribution in [2.45, 2.75) is 18.9 Å². The molecule has 1 aromatic rings. The second-order valence-electron chi connectivity index (χ2n) is 4.58. The molecule has 1 N–H and O–H groups in total. The van der Waals surface area contributed by atoms with E-state index in [1.165, 1.54) is 19.1 Å². The number of rotatable bonds is 3. The fourth-order valence-electron chi connectivity index (χ4n) is 1.95. The number of carbonyl (C=O) groups is 1. The molecule has 19 heavy (non-hydrogen) atoms. The van der Waals surface area contributed by atoms with Crippen LogP contribution in [0.3, 0.4) is 0 Å². The molecule has 0 saturated heterocycles. The number of esters is 1. The summed E-state index contributed by atoms with van der Waals surface area (Å²) in [4.78, 5) is 10.7. The van der Waals surface area contributed by atoms with E-state index in [4.69, 9.17) is 4.74 Å². The van der Waals surface area contributed by atoms with Crippen LogP contribution >= 0.6 is 0 Å². The molecule has 0 aromatic heterocycles. The average molecular weight is 262 g/mol. The van der Waals surface area contributed by atoms with Crippen molar-refractivity contribution < 1.29 is 19.0 Å². The first-order chi connectivity index (χ1) is 9.00. The predicted molar refractivity (Wildman–Crippen MR) is 69.8 cm³/mol. The summed E-state index contributed by atoms with van der Waals surface area (Å²) in [6.45, 7) is 1.01. The van der Waals surface area contributed by atoms with Crippen LogP contribution in [0.2, 0.25) is 0 Å². The van der Waals surface area contributed by atoms with Crippen LogP contribution in [0.15, 0.2) is 48.3 Å². The molecule has 0 bridgehead atoms. The van der Waals surface area contributed by atoms with Gasteiger partial charge in [0.15, 0.2) is 0 Å². The monoisotopic (exact) mass is 262 g/mol. The lowest BCUT2D eigenvalue weighted by atomic mass is 9.89. The molecule has 4 heteroatoms. The zero-order valence-electron chi connectivity index (χ0n) is 10.6. The Labute approximate surface area is 111 Å². The molecule has 1 aliphatic carbocycles. The highest BCUT2D eigenvalue weighted by Gasteiger charge is 2.31. The van der Waals surface area contributed by atoms with Crippen molar-refractivity contribution in [2.75, 3.05) is 6.61 Å². The second-order valence-corrected chi connectivity index (χ2v) is 4.58. The number of carbonyl (C=O) groups excluding carboxylic acids is 1. The molecule has 0 heterocycles. The van der Waals surface area contributed by atoms with E-state index in [1.54, 1.807) is 12.1 Å². The van der Waals surface area contributed by atoms with Crippen molar-refractivity contribution in [1.29, 1.82) is 0 Å². The highest BCUT2D eigenvalue weighted by molar-refractivity contribution is 5.77. The Kier molecular flexibility index (Phi) is 3.81. The molecular formula is C15H15FO3. The summed E-state index contributed by atoms with van der Waals surface area (Å²) in [7, 11) is 0. The zero-order valence-corrected chi connectivity index (χ0v) is 10.6. The molecule has 100 valence electrons. The average Bonchev–Trinajstić information content (AvgIpc) is 2.38. The minimum absolute atomic E-state index is 0.193. The summed E-state index contributed by atoms with van der Waals surface area (Å²) in [5.74, 6) is -0.913. The van der Waals surface area contributed by atoms with E-state index in [0.29, 0.717) is 5.57 Å². The maximum absolute atomic E-state index is 14.1. The number of benzene rings is 1. The van der Waals surface area contributed by atoms with E-state index >= 15 is 0 Å². The lowest BCUT2D eigenvalue weighted by Crippen LogP contribution is -2.34. The predicted octanol–water partition coefficient (Wildman–Crippen LogP) is 2.62. The van der Waals surface area contributed by atoms with Crippen molar-refractivity contribution in [3.63, 3.8) is 0 Å². The van der Waals surface area contributed by atoms with Gasteiger partial charge in [0, 0.05) is 18.9 Å². The Morgan fingerprint density at radius 1 is 1.42 bits per heavy atom. The minimum Gasteiger partial charge on any atom is -0.462 e. The molecule has 0 saturated carbocycles. The fraction of sp³-hybridized carbons (Fsp3) is 0.267. The third kappa shape index (κ3) is 3.29. The quantitative estimate of drug-likeness (QED) is 0.852. The summed E-state index contributed by atoms with van der Waals surface area (Å²) in [5, 5.41) is 10.1. The standard InChI is InChI=1S/C15H15FO3/c1-11(17)19-10-15(18)8-7-13(14(16)9-15)12-5-3-2-4-6-12/h2-8,18H,9-10H2,1H3. The topological polar surface area (TPSA) is 46.5 Å². The Balaban J connectivity index is 2.16. The van der Waals surface area contributed by atoms with E-state index in [-0.39, 0.29) is 13.0 Å². The number of halogens is 1. The van der Waals surface area contributed by atoms with Gasteiger partial charge in [-0.15, -0.1) is 0 Å². The van der Waals surface area contributed by atoms with Crippen molar-refractivity contribution in [3.8, 4) is 0 Å². The second kappa shape index (κ2) is 5.36. The minimum atomic E-state index is -1.46.